The second-order valence-electron chi connectivity index (χ2n) is 3.89. The number of hydrogen-bond acceptors (Lipinski definition) is 2. The lowest BCUT2D eigenvalue weighted by atomic mass is 9.91. The highest BCUT2D eigenvalue weighted by Gasteiger charge is 2.13. The van der Waals surface area contributed by atoms with E-state index in [1.807, 2.05) is 20.8 Å². The second kappa shape index (κ2) is 4.01. The molecule has 0 radical (unpaired) electrons. The average Bonchev–Trinajstić information content (AvgIpc) is 2.14. The van der Waals surface area contributed by atoms with Gasteiger partial charge in [0.2, 0.25) is 0 Å². The molecule has 1 aromatic rings. The molecule has 0 bridgehead atoms. The smallest absolute Gasteiger partial charge is 0.119 e. The molecule has 0 aliphatic heterocycles. The molecule has 14 heavy (non-hydrogen) atoms. The summed E-state index contributed by atoms with van der Waals surface area (Å²) in [6, 6.07) is 1.88. The summed E-state index contributed by atoms with van der Waals surface area (Å²) in [6.45, 7) is 8.02. The van der Waals surface area contributed by atoms with Crippen molar-refractivity contribution in [2.75, 3.05) is 0 Å². The number of phenolic OH excluding ortho intramolecular Hbond substituents is 1. The van der Waals surface area contributed by atoms with E-state index in [9.17, 15) is 5.11 Å². The summed E-state index contributed by atoms with van der Waals surface area (Å²) >= 11 is 0. The van der Waals surface area contributed by atoms with Crippen molar-refractivity contribution in [1.29, 1.82) is 0 Å². The van der Waals surface area contributed by atoms with E-state index in [4.69, 9.17) is 5.73 Å². The molecule has 0 aliphatic rings. The predicted octanol–water partition coefficient (Wildman–Crippen LogP) is 2.73. The summed E-state index contributed by atoms with van der Waals surface area (Å²) in [5.74, 6) is 0.368. The molecule has 0 aromatic heterocycles. The molecule has 0 aliphatic carbocycles. The monoisotopic (exact) mass is 193 g/mol. The molecule has 2 nitrogen and oxygen atoms in total. The normalized spacial score (nSPS) is 12.9. The maximum Gasteiger partial charge on any atom is 0.119 e. The van der Waals surface area contributed by atoms with Gasteiger partial charge in [0, 0.05) is 6.04 Å². The summed E-state index contributed by atoms with van der Waals surface area (Å²) in [5, 5.41) is 9.62. The van der Waals surface area contributed by atoms with Crippen LogP contribution in [0.5, 0.6) is 5.75 Å². The van der Waals surface area contributed by atoms with Gasteiger partial charge in [-0.25, -0.2) is 0 Å². The highest BCUT2D eigenvalue weighted by Crippen LogP contribution is 2.30. The van der Waals surface area contributed by atoms with E-state index in [2.05, 4.69) is 6.92 Å². The molecular weight excluding hydrogens is 174 g/mol. The standard InChI is InChI=1S/C12H19NO/c1-5-10(13)12-7(2)6-11(14)8(3)9(12)4/h6,10,14H,5,13H2,1-4H3. The summed E-state index contributed by atoms with van der Waals surface area (Å²) in [6.07, 6.45) is 0.923. The van der Waals surface area contributed by atoms with Crippen LogP contribution in [-0.2, 0) is 0 Å². The third-order valence-electron chi connectivity index (χ3n) is 2.94. The van der Waals surface area contributed by atoms with Crippen molar-refractivity contribution < 1.29 is 5.11 Å². The van der Waals surface area contributed by atoms with Crippen LogP contribution in [-0.4, -0.2) is 5.11 Å². The molecule has 0 saturated heterocycles. The van der Waals surface area contributed by atoms with Gasteiger partial charge in [0.25, 0.3) is 0 Å². The van der Waals surface area contributed by atoms with Gasteiger partial charge in [-0.3, -0.25) is 0 Å². The van der Waals surface area contributed by atoms with Gasteiger partial charge < -0.3 is 10.8 Å². The maximum absolute atomic E-state index is 9.62. The van der Waals surface area contributed by atoms with Crippen molar-refractivity contribution in [1.82, 2.24) is 0 Å². The van der Waals surface area contributed by atoms with Gasteiger partial charge in [0.05, 0.1) is 0 Å². The van der Waals surface area contributed by atoms with Crippen molar-refractivity contribution in [3.8, 4) is 5.75 Å². The summed E-state index contributed by atoms with van der Waals surface area (Å²) in [7, 11) is 0. The van der Waals surface area contributed by atoms with E-state index in [0.717, 1.165) is 23.1 Å². The topological polar surface area (TPSA) is 46.2 Å². The molecular formula is C12H19NO. The Labute approximate surface area is 85.8 Å². The third kappa shape index (κ3) is 1.75. The van der Waals surface area contributed by atoms with E-state index >= 15 is 0 Å². The first-order chi connectivity index (χ1) is 6.49. The lowest BCUT2D eigenvalue weighted by Crippen LogP contribution is -2.12. The highest BCUT2D eigenvalue weighted by molar-refractivity contribution is 5.48. The van der Waals surface area contributed by atoms with Gasteiger partial charge in [0.1, 0.15) is 5.75 Å². The second-order valence-corrected chi connectivity index (χ2v) is 3.89. The Bertz CT molecular complexity index is 345. The predicted molar refractivity (Wildman–Crippen MR) is 59.5 cm³/mol. The molecule has 3 N–H and O–H groups in total. The van der Waals surface area contributed by atoms with Crippen LogP contribution in [0.3, 0.4) is 0 Å². The number of aryl methyl sites for hydroxylation is 1. The maximum atomic E-state index is 9.62. The number of benzene rings is 1. The minimum atomic E-state index is 0.0781. The number of aromatic hydroxyl groups is 1. The summed E-state index contributed by atoms with van der Waals surface area (Å²) < 4.78 is 0. The number of phenols is 1. The Morgan fingerprint density at radius 2 is 1.86 bits per heavy atom. The minimum absolute atomic E-state index is 0.0781. The highest BCUT2D eigenvalue weighted by atomic mass is 16.3. The van der Waals surface area contributed by atoms with Crippen LogP contribution in [0.4, 0.5) is 0 Å². The lowest BCUT2D eigenvalue weighted by Gasteiger charge is -2.18. The van der Waals surface area contributed by atoms with Gasteiger partial charge >= 0.3 is 0 Å². The molecule has 1 aromatic carbocycles. The zero-order valence-corrected chi connectivity index (χ0v) is 9.39. The average molecular weight is 193 g/mol. The summed E-state index contributed by atoms with van der Waals surface area (Å²) in [4.78, 5) is 0. The van der Waals surface area contributed by atoms with Gasteiger partial charge in [0.15, 0.2) is 0 Å². The molecule has 0 saturated carbocycles. The van der Waals surface area contributed by atoms with Gasteiger partial charge in [-0.2, -0.15) is 0 Å². The largest absolute Gasteiger partial charge is 0.508 e. The molecule has 1 unspecified atom stereocenters. The van der Waals surface area contributed by atoms with Crippen molar-refractivity contribution in [2.45, 2.75) is 40.2 Å². The van der Waals surface area contributed by atoms with Crippen LogP contribution in [0, 0.1) is 20.8 Å². The number of rotatable bonds is 2. The first-order valence-corrected chi connectivity index (χ1v) is 5.04. The zero-order chi connectivity index (χ0) is 10.9. The molecule has 0 fully saturated rings. The SMILES string of the molecule is CCC(N)c1c(C)cc(O)c(C)c1C. The Balaban J connectivity index is 3.36. The molecule has 78 valence electrons. The molecule has 1 rings (SSSR count). The van der Waals surface area contributed by atoms with Crippen LogP contribution in [0.1, 0.15) is 41.6 Å². The van der Waals surface area contributed by atoms with Crippen molar-refractivity contribution in [3.63, 3.8) is 0 Å². The fraction of sp³-hybridized carbons (Fsp3) is 0.500. The minimum Gasteiger partial charge on any atom is -0.508 e. The van der Waals surface area contributed by atoms with E-state index < -0.39 is 0 Å². The molecule has 0 amide bonds. The van der Waals surface area contributed by atoms with Crippen molar-refractivity contribution in [2.24, 2.45) is 5.73 Å². The Morgan fingerprint density at radius 3 is 2.36 bits per heavy atom. The van der Waals surface area contributed by atoms with Crippen molar-refractivity contribution >= 4 is 0 Å². The van der Waals surface area contributed by atoms with Gasteiger partial charge in [-0.15, -0.1) is 0 Å². The van der Waals surface area contributed by atoms with E-state index in [0.29, 0.717) is 5.75 Å². The molecule has 1 atom stereocenters. The van der Waals surface area contributed by atoms with Gasteiger partial charge in [-0.05, 0) is 55.5 Å². The fourth-order valence-corrected chi connectivity index (χ4v) is 1.86. The molecule has 0 heterocycles. The first kappa shape index (κ1) is 11.1. The Kier molecular flexibility index (Phi) is 3.17. The van der Waals surface area contributed by atoms with E-state index in [1.165, 1.54) is 5.56 Å². The quantitative estimate of drug-likeness (QED) is 0.758. The Hall–Kier alpha value is -1.02. The first-order valence-electron chi connectivity index (χ1n) is 5.04. The van der Waals surface area contributed by atoms with E-state index in [1.54, 1.807) is 6.07 Å². The summed E-state index contributed by atoms with van der Waals surface area (Å²) in [5.41, 5.74) is 10.4. The van der Waals surface area contributed by atoms with Crippen LogP contribution >= 0.6 is 0 Å². The fourth-order valence-electron chi connectivity index (χ4n) is 1.86. The van der Waals surface area contributed by atoms with Crippen LogP contribution in [0.15, 0.2) is 6.07 Å². The van der Waals surface area contributed by atoms with Crippen LogP contribution in [0.2, 0.25) is 0 Å². The van der Waals surface area contributed by atoms with Crippen molar-refractivity contribution in [3.05, 3.63) is 28.3 Å². The van der Waals surface area contributed by atoms with Crippen LogP contribution < -0.4 is 5.73 Å². The van der Waals surface area contributed by atoms with Gasteiger partial charge in [-0.1, -0.05) is 6.92 Å². The zero-order valence-electron chi connectivity index (χ0n) is 9.39. The Morgan fingerprint density at radius 1 is 1.29 bits per heavy atom. The molecule has 0 spiro atoms. The molecule has 2 heteroatoms. The van der Waals surface area contributed by atoms with E-state index in [-0.39, 0.29) is 6.04 Å². The van der Waals surface area contributed by atoms with Crippen LogP contribution in [0.25, 0.3) is 0 Å². The number of nitrogens with two attached hydrogens (primary N) is 1. The third-order valence-corrected chi connectivity index (χ3v) is 2.94. The number of hydrogen-bond donors (Lipinski definition) is 2. The lowest BCUT2D eigenvalue weighted by molar-refractivity contribution is 0.469.